The Balaban J connectivity index is 2.37. The van der Waals surface area contributed by atoms with Crippen molar-refractivity contribution in [2.45, 2.75) is 25.8 Å². The van der Waals surface area contributed by atoms with Gasteiger partial charge in [0.2, 0.25) is 5.89 Å². The van der Waals surface area contributed by atoms with Crippen LogP contribution in [0.3, 0.4) is 0 Å². The summed E-state index contributed by atoms with van der Waals surface area (Å²) in [7, 11) is -0.766. The van der Waals surface area contributed by atoms with Crippen molar-refractivity contribution in [1.82, 2.24) is 10.2 Å². The maximum Gasteiger partial charge on any atom is 0.315 e. The molecular formula is C9H16ClN3O2S. The molecule has 92 valence electrons. The molecular weight excluding hydrogens is 250 g/mol. The zero-order valence-electron chi connectivity index (χ0n) is 9.40. The van der Waals surface area contributed by atoms with Crippen LogP contribution in [0, 0.1) is 0 Å². The van der Waals surface area contributed by atoms with Gasteiger partial charge in [-0.15, -0.1) is 16.7 Å². The average Bonchev–Trinajstić information content (AvgIpc) is 2.63. The number of rotatable bonds is 7. The smallest absolute Gasteiger partial charge is 0.315 e. The Labute approximate surface area is 102 Å². The van der Waals surface area contributed by atoms with Crippen LogP contribution in [-0.4, -0.2) is 38.3 Å². The molecule has 1 N–H and O–H groups in total. The first kappa shape index (κ1) is 13.4. The molecule has 2 atom stereocenters. The first-order valence-corrected chi connectivity index (χ1v) is 7.33. The zero-order valence-corrected chi connectivity index (χ0v) is 11.0. The van der Waals surface area contributed by atoms with E-state index in [9.17, 15) is 4.21 Å². The van der Waals surface area contributed by atoms with Gasteiger partial charge in [-0.1, -0.05) is 5.10 Å². The van der Waals surface area contributed by atoms with Gasteiger partial charge >= 0.3 is 6.01 Å². The van der Waals surface area contributed by atoms with E-state index < -0.39 is 10.8 Å². The average molecular weight is 266 g/mol. The number of hydrogen-bond acceptors (Lipinski definition) is 5. The second-order valence-corrected chi connectivity index (χ2v) is 5.48. The lowest BCUT2D eigenvalue weighted by Gasteiger charge is -2.09. The Morgan fingerprint density at radius 2 is 2.31 bits per heavy atom. The fraction of sp³-hybridized carbons (Fsp3) is 0.778. The number of nitrogens with zero attached hydrogens (tertiary/aromatic N) is 2. The largest absolute Gasteiger partial charge is 0.408 e. The third-order valence-electron chi connectivity index (χ3n) is 1.98. The molecule has 1 aromatic heterocycles. The molecule has 2 unspecified atom stereocenters. The van der Waals surface area contributed by atoms with Crippen LogP contribution in [0.15, 0.2) is 4.42 Å². The van der Waals surface area contributed by atoms with E-state index in [1.165, 1.54) is 0 Å². The molecule has 0 fully saturated rings. The van der Waals surface area contributed by atoms with Gasteiger partial charge in [0.15, 0.2) is 0 Å². The van der Waals surface area contributed by atoms with Crippen molar-refractivity contribution in [3.05, 3.63) is 5.89 Å². The van der Waals surface area contributed by atoms with E-state index >= 15 is 0 Å². The van der Waals surface area contributed by atoms with Crippen molar-refractivity contribution in [3.8, 4) is 0 Å². The van der Waals surface area contributed by atoms with Crippen LogP contribution in [0.5, 0.6) is 0 Å². The van der Waals surface area contributed by atoms with Crippen LogP contribution in [-0.2, 0) is 17.2 Å². The Morgan fingerprint density at radius 3 is 2.94 bits per heavy atom. The SMILES string of the molecule is CC(CCS(C)=O)Nc1nnc(CCCl)o1. The van der Waals surface area contributed by atoms with Crippen molar-refractivity contribution in [3.63, 3.8) is 0 Å². The number of aromatic nitrogens is 2. The van der Waals surface area contributed by atoms with Gasteiger partial charge in [0.25, 0.3) is 0 Å². The highest BCUT2D eigenvalue weighted by molar-refractivity contribution is 7.84. The summed E-state index contributed by atoms with van der Waals surface area (Å²) in [6.07, 6.45) is 3.07. The van der Waals surface area contributed by atoms with Crippen molar-refractivity contribution < 1.29 is 8.63 Å². The van der Waals surface area contributed by atoms with E-state index in [0.29, 0.717) is 30.0 Å². The van der Waals surface area contributed by atoms with E-state index in [4.69, 9.17) is 16.0 Å². The molecule has 0 aromatic carbocycles. The minimum absolute atomic E-state index is 0.160. The molecule has 0 saturated heterocycles. The highest BCUT2D eigenvalue weighted by Crippen LogP contribution is 2.09. The molecule has 0 aliphatic heterocycles. The van der Waals surface area contributed by atoms with Crippen LogP contribution >= 0.6 is 11.6 Å². The summed E-state index contributed by atoms with van der Waals surface area (Å²) in [6.45, 7) is 1.98. The topological polar surface area (TPSA) is 68.0 Å². The predicted octanol–water partition coefficient (Wildman–Crippen LogP) is 1.42. The van der Waals surface area contributed by atoms with Gasteiger partial charge in [-0.3, -0.25) is 4.21 Å². The molecule has 5 nitrogen and oxygen atoms in total. The summed E-state index contributed by atoms with van der Waals surface area (Å²) in [5.41, 5.74) is 0. The fourth-order valence-corrected chi connectivity index (χ4v) is 1.97. The first-order chi connectivity index (χ1) is 7.61. The molecule has 0 bridgehead atoms. The van der Waals surface area contributed by atoms with Gasteiger partial charge in [0, 0.05) is 41.2 Å². The van der Waals surface area contributed by atoms with Crippen molar-refractivity contribution in [1.29, 1.82) is 0 Å². The Morgan fingerprint density at radius 1 is 1.56 bits per heavy atom. The monoisotopic (exact) mass is 265 g/mol. The molecule has 0 spiro atoms. The molecule has 7 heteroatoms. The molecule has 0 radical (unpaired) electrons. The maximum absolute atomic E-state index is 10.9. The van der Waals surface area contributed by atoms with Crippen LogP contribution < -0.4 is 5.32 Å². The van der Waals surface area contributed by atoms with Crippen molar-refractivity contribution in [2.24, 2.45) is 0 Å². The van der Waals surface area contributed by atoms with E-state index in [1.54, 1.807) is 6.26 Å². The molecule has 0 aliphatic rings. The van der Waals surface area contributed by atoms with Crippen molar-refractivity contribution in [2.75, 3.05) is 23.2 Å². The summed E-state index contributed by atoms with van der Waals surface area (Å²) < 4.78 is 16.2. The van der Waals surface area contributed by atoms with Gasteiger partial charge in [-0.05, 0) is 13.3 Å². The lowest BCUT2D eigenvalue weighted by Crippen LogP contribution is -2.18. The number of alkyl halides is 1. The number of halogens is 1. The maximum atomic E-state index is 10.9. The minimum atomic E-state index is -0.766. The van der Waals surface area contributed by atoms with Crippen LogP contribution in [0.25, 0.3) is 0 Å². The van der Waals surface area contributed by atoms with E-state index in [0.717, 1.165) is 6.42 Å². The van der Waals surface area contributed by atoms with Gasteiger partial charge in [-0.2, -0.15) is 0 Å². The van der Waals surface area contributed by atoms with Crippen LogP contribution in [0.1, 0.15) is 19.2 Å². The molecule has 1 heterocycles. The number of aryl methyl sites for hydroxylation is 1. The summed E-state index contributed by atoms with van der Waals surface area (Å²) in [5.74, 6) is 1.66. The molecule has 16 heavy (non-hydrogen) atoms. The first-order valence-electron chi connectivity index (χ1n) is 5.06. The second-order valence-electron chi connectivity index (χ2n) is 3.55. The molecule has 1 rings (SSSR count). The number of anilines is 1. The molecule has 0 aliphatic carbocycles. The highest BCUT2D eigenvalue weighted by Gasteiger charge is 2.09. The molecule has 0 amide bonds. The number of hydrogen-bond donors (Lipinski definition) is 1. The summed E-state index contributed by atoms with van der Waals surface area (Å²) >= 11 is 5.55. The Hall–Kier alpha value is -0.620. The number of nitrogens with one attached hydrogen (secondary N) is 1. The normalized spacial score (nSPS) is 14.7. The predicted molar refractivity (Wildman–Crippen MR) is 65.4 cm³/mol. The van der Waals surface area contributed by atoms with E-state index in [1.807, 2.05) is 6.92 Å². The standard InChI is InChI=1S/C9H16ClN3O2S/c1-7(4-6-16(2)14)11-9-13-12-8(15-9)3-5-10/h7H,3-6H2,1-2H3,(H,11,13). The molecule has 1 aromatic rings. The van der Waals surface area contributed by atoms with Crippen LogP contribution in [0.4, 0.5) is 6.01 Å². The van der Waals surface area contributed by atoms with Gasteiger partial charge in [0.1, 0.15) is 0 Å². The lowest BCUT2D eigenvalue weighted by molar-refractivity contribution is 0.506. The summed E-state index contributed by atoms with van der Waals surface area (Å²) in [5, 5.41) is 10.7. The van der Waals surface area contributed by atoms with Gasteiger partial charge in [0.05, 0.1) is 0 Å². The Bertz CT molecular complexity index is 345. The molecule has 0 saturated carbocycles. The third-order valence-corrected chi connectivity index (χ3v) is 2.98. The minimum Gasteiger partial charge on any atom is -0.408 e. The van der Waals surface area contributed by atoms with Crippen molar-refractivity contribution >= 4 is 28.4 Å². The Kier molecular flexibility index (Phi) is 5.76. The second kappa shape index (κ2) is 6.85. The van der Waals surface area contributed by atoms with E-state index in [2.05, 4.69) is 15.5 Å². The summed E-state index contributed by atoms with van der Waals surface area (Å²) in [6, 6.07) is 0.558. The van der Waals surface area contributed by atoms with Gasteiger partial charge < -0.3 is 9.73 Å². The van der Waals surface area contributed by atoms with Gasteiger partial charge in [-0.25, -0.2) is 0 Å². The third kappa shape index (κ3) is 4.94. The lowest BCUT2D eigenvalue weighted by atomic mass is 10.3. The zero-order chi connectivity index (χ0) is 12.0. The quantitative estimate of drug-likeness (QED) is 0.755. The van der Waals surface area contributed by atoms with E-state index in [-0.39, 0.29) is 6.04 Å². The van der Waals surface area contributed by atoms with Crippen LogP contribution in [0.2, 0.25) is 0 Å². The summed E-state index contributed by atoms with van der Waals surface area (Å²) in [4.78, 5) is 0. The fourth-order valence-electron chi connectivity index (χ4n) is 1.12. The highest BCUT2D eigenvalue weighted by atomic mass is 35.5.